The second kappa shape index (κ2) is 10.8. The van der Waals surface area contributed by atoms with Crippen LogP contribution in [0.5, 0.6) is 0 Å². The predicted octanol–water partition coefficient (Wildman–Crippen LogP) is 5.80. The Labute approximate surface area is 195 Å². The molecule has 0 atom stereocenters. The lowest BCUT2D eigenvalue weighted by molar-refractivity contribution is 0.0527. The zero-order valence-electron chi connectivity index (χ0n) is 20.1. The van der Waals surface area contributed by atoms with E-state index in [0.29, 0.717) is 23.4 Å². The Morgan fingerprint density at radius 3 is 2.36 bits per heavy atom. The highest BCUT2D eigenvalue weighted by Gasteiger charge is 2.22. The van der Waals surface area contributed by atoms with Crippen LogP contribution in [-0.2, 0) is 4.74 Å². The van der Waals surface area contributed by atoms with E-state index in [1.165, 1.54) is 0 Å². The molecule has 0 saturated carbocycles. The van der Waals surface area contributed by atoms with Crippen LogP contribution in [0.2, 0.25) is 0 Å². The number of fused-ring (bicyclic) bond motifs is 2. The highest BCUT2D eigenvalue weighted by atomic mass is 16.5. The fraction of sp³-hybridized carbons (Fsp3) is 0.286. The van der Waals surface area contributed by atoms with Gasteiger partial charge in [-0.2, -0.15) is 0 Å². The first kappa shape index (κ1) is 24.1. The standard InChI is InChI=1S/C26H26N2O3.C2H6/c1-4-28(5-2)18-12-14-22-24(16-18)31-23-15-17(27)11-13-21(23)25(22)19-9-7-8-10-20(19)26(29)30-6-3;1-2/h7-16,27H,4-6H2,1-3H3;1-2H3/p+1. The molecule has 2 N–H and O–H groups in total. The molecule has 1 aliphatic heterocycles. The number of hydrogen-bond donors (Lipinski definition) is 1. The van der Waals surface area contributed by atoms with E-state index in [-0.39, 0.29) is 5.97 Å². The molecule has 2 aliphatic rings. The van der Waals surface area contributed by atoms with Crippen molar-refractivity contribution in [3.8, 4) is 22.5 Å². The zero-order valence-corrected chi connectivity index (χ0v) is 20.1. The molecule has 0 spiro atoms. The quantitative estimate of drug-likeness (QED) is 0.182. The van der Waals surface area contributed by atoms with E-state index < -0.39 is 0 Å². The molecule has 0 bridgehead atoms. The fourth-order valence-corrected chi connectivity index (χ4v) is 4.06. The van der Waals surface area contributed by atoms with E-state index in [0.717, 1.165) is 46.3 Å². The molecule has 172 valence electrons. The highest BCUT2D eigenvalue weighted by Crippen LogP contribution is 2.41. The molecule has 1 aliphatic carbocycles. The first-order valence-electron chi connectivity index (χ1n) is 11.7. The van der Waals surface area contributed by atoms with Gasteiger partial charge in [0.2, 0.25) is 5.36 Å². The summed E-state index contributed by atoms with van der Waals surface area (Å²) in [6, 6.07) is 19.4. The number of nitrogens with zero attached hydrogens (tertiary/aromatic N) is 1. The van der Waals surface area contributed by atoms with Crippen molar-refractivity contribution in [1.29, 1.82) is 0 Å². The van der Waals surface area contributed by atoms with Crippen molar-refractivity contribution in [2.45, 2.75) is 34.6 Å². The van der Waals surface area contributed by atoms with E-state index in [1.54, 1.807) is 6.07 Å². The smallest absolute Gasteiger partial charge is 0.338 e. The third-order valence-electron chi connectivity index (χ3n) is 5.55. The molecule has 5 nitrogen and oxygen atoms in total. The summed E-state index contributed by atoms with van der Waals surface area (Å²) in [5, 5.41) is 1.99. The van der Waals surface area contributed by atoms with Crippen LogP contribution in [0.4, 0.5) is 5.69 Å². The normalized spacial score (nSPS) is 10.6. The Balaban J connectivity index is 0.00000149. The maximum absolute atomic E-state index is 12.7. The van der Waals surface area contributed by atoms with Crippen LogP contribution in [0.3, 0.4) is 0 Å². The average molecular weight is 446 g/mol. The van der Waals surface area contributed by atoms with Crippen molar-refractivity contribution in [2.24, 2.45) is 0 Å². The Morgan fingerprint density at radius 2 is 1.67 bits per heavy atom. The third-order valence-corrected chi connectivity index (χ3v) is 5.55. The zero-order chi connectivity index (χ0) is 24.0. The molecular formula is C28H33N2O3+. The maximum Gasteiger partial charge on any atom is 0.338 e. The minimum Gasteiger partial charge on any atom is -0.462 e. The van der Waals surface area contributed by atoms with Gasteiger partial charge in [0.1, 0.15) is 24.4 Å². The summed E-state index contributed by atoms with van der Waals surface area (Å²) in [6.45, 7) is 12.2. The molecule has 2 aromatic carbocycles. The van der Waals surface area contributed by atoms with Crippen molar-refractivity contribution < 1.29 is 13.9 Å². The van der Waals surface area contributed by atoms with Gasteiger partial charge in [0.25, 0.3) is 0 Å². The number of anilines is 1. The highest BCUT2D eigenvalue weighted by molar-refractivity contribution is 6.08. The molecule has 0 amide bonds. The first-order valence-corrected chi connectivity index (χ1v) is 11.7. The number of benzene rings is 3. The summed E-state index contributed by atoms with van der Waals surface area (Å²) in [5.41, 5.74) is 10.6. The van der Waals surface area contributed by atoms with Gasteiger partial charge < -0.3 is 14.9 Å². The fourth-order valence-electron chi connectivity index (χ4n) is 4.06. The van der Waals surface area contributed by atoms with Crippen molar-refractivity contribution in [1.82, 2.24) is 4.58 Å². The third kappa shape index (κ3) is 4.77. The molecule has 0 saturated heterocycles. The number of esters is 1. The van der Waals surface area contributed by atoms with Crippen molar-refractivity contribution in [3.63, 3.8) is 0 Å². The van der Waals surface area contributed by atoms with Crippen molar-refractivity contribution in [2.75, 3.05) is 25.4 Å². The summed E-state index contributed by atoms with van der Waals surface area (Å²) in [7, 11) is 0. The summed E-state index contributed by atoms with van der Waals surface area (Å²) in [5.74, 6) is 0.409. The molecular weight excluding hydrogens is 412 g/mol. The maximum atomic E-state index is 12.7. The van der Waals surface area contributed by atoms with Gasteiger partial charge in [0, 0.05) is 34.3 Å². The molecule has 2 aromatic rings. The van der Waals surface area contributed by atoms with Gasteiger partial charge in [-0.3, -0.25) is 0 Å². The van der Waals surface area contributed by atoms with E-state index in [2.05, 4.69) is 36.6 Å². The minimum atomic E-state index is -0.338. The Bertz CT molecular complexity index is 1300. The van der Waals surface area contributed by atoms with Crippen LogP contribution in [0.1, 0.15) is 45.0 Å². The summed E-state index contributed by atoms with van der Waals surface area (Å²) >= 11 is 0. The lowest BCUT2D eigenvalue weighted by Crippen LogP contribution is -2.29. The van der Waals surface area contributed by atoms with E-state index in [1.807, 2.05) is 57.2 Å². The number of carbonyl (C=O) groups excluding carboxylic acids is 1. The monoisotopic (exact) mass is 445 g/mol. The number of rotatable bonds is 5. The Morgan fingerprint density at radius 1 is 0.939 bits per heavy atom. The first-order chi connectivity index (χ1) is 16.1. The van der Waals surface area contributed by atoms with Crippen LogP contribution in [0.25, 0.3) is 33.4 Å². The van der Waals surface area contributed by atoms with E-state index in [4.69, 9.17) is 14.9 Å². The van der Waals surface area contributed by atoms with Gasteiger partial charge in [-0.1, -0.05) is 32.0 Å². The molecule has 33 heavy (non-hydrogen) atoms. The Hall–Kier alpha value is -3.60. The van der Waals surface area contributed by atoms with Crippen LogP contribution >= 0.6 is 0 Å². The van der Waals surface area contributed by atoms with Crippen LogP contribution in [-0.4, -0.2) is 25.7 Å². The summed E-state index contributed by atoms with van der Waals surface area (Å²) in [6.07, 6.45) is 0. The second-order valence-corrected chi connectivity index (χ2v) is 7.35. The average Bonchev–Trinajstić information content (AvgIpc) is 2.84. The topological polar surface area (TPSA) is 68.5 Å². The van der Waals surface area contributed by atoms with Gasteiger partial charge in [-0.25, -0.2) is 9.37 Å². The molecule has 0 aromatic heterocycles. The Kier molecular flexibility index (Phi) is 7.88. The number of carbonyl (C=O) groups is 1. The molecule has 4 rings (SSSR count). The van der Waals surface area contributed by atoms with Gasteiger partial charge >= 0.3 is 5.97 Å². The van der Waals surface area contributed by atoms with Gasteiger partial charge in [0.15, 0.2) is 0 Å². The lowest BCUT2D eigenvalue weighted by atomic mass is 9.90. The molecule has 0 radical (unpaired) electrons. The SMILES string of the molecule is CC.CCOC(=O)c1ccccc1-c1c2ccc(=[N+](CC)CC)cc-2oc2cc(N)ccc12. The number of hydrogen-bond acceptors (Lipinski definition) is 4. The molecule has 5 heteroatoms. The van der Waals surface area contributed by atoms with Crippen molar-refractivity contribution in [3.05, 3.63) is 71.6 Å². The van der Waals surface area contributed by atoms with Crippen LogP contribution in [0.15, 0.2) is 65.1 Å². The number of ether oxygens (including phenoxy) is 1. The van der Waals surface area contributed by atoms with Crippen molar-refractivity contribution >= 4 is 22.6 Å². The summed E-state index contributed by atoms with van der Waals surface area (Å²) in [4.78, 5) is 12.7. The van der Waals surface area contributed by atoms with E-state index in [9.17, 15) is 4.79 Å². The molecule has 1 heterocycles. The van der Waals surface area contributed by atoms with E-state index >= 15 is 0 Å². The van der Waals surface area contributed by atoms with Crippen LogP contribution < -0.4 is 15.7 Å². The molecule has 0 fully saturated rings. The summed E-state index contributed by atoms with van der Waals surface area (Å²) < 4.78 is 13.9. The number of nitrogen functional groups attached to an aromatic ring is 1. The second-order valence-electron chi connectivity index (χ2n) is 7.35. The predicted molar refractivity (Wildman–Crippen MR) is 136 cm³/mol. The van der Waals surface area contributed by atoms with Gasteiger partial charge in [-0.05, 0) is 50.6 Å². The molecule has 0 unspecified atom stereocenters. The van der Waals surface area contributed by atoms with Gasteiger partial charge in [0.05, 0.1) is 18.2 Å². The lowest BCUT2D eigenvalue weighted by Gasteiger charge is -2.17. The minimum absolute atomic E-state index is 0.322. The van der Waals surface area contributed by atoms with Gasteiger partial charge in [-0.15, -0.1) is 0 Å². The largest absolute Gasteiger partial charge is 0.462 e. The number of nitrogens with two attached hydrogens (primary N) is 1. The van der Waals surface area contributed by atoms with Crippen LogP contribution in [0, 0.1) is 0 Å².